The van der Waals surface area contributed by atoms with Crippen molar-refractivity contribution < 1.29 is 32.3 Å². The van der Waals surface area contributed by atoms with Gasteiger partial charge in [-0.3, -0.25) is 8.98 Å². The molecule has 0 heterocycles. The molecule has 4 saturated carbocycles. The smallest absolute Gasteiger partial charge is 0.305 e. The number of carbonyl (C=O) groups excluding carboxylic acids is 1. The summed E-state index contributed by atoms with van der Waals surface area (Å²) in [7, 11) is -2.08. The lowest BCUT2D eigenvalue weighted by Gasteiger charge is -2.63. The van der Waals surface area contributed by atoms with Crippen molar-refractivity contribution in [3.8, 4) is 0 Å². The van der Waals surface area contributed by atoms with E-state index in [4.69, 9.17) is 8.92 Å². The molecule has 4 fully saturated rings. The van der Waals surface area contributed by atoms with Crippen LogP contribution in [-0.2, 0) is 23.8 Å². The van der Waals surface area contributed by atoms with Crippen LogP contribution < -0.4 is 0 Å². The molecule has 0 spiro atoms. The zero-order chi connectivity index (χ0) is 25.1. The molecular formula is C26H44O7S. The SMILES string of the molecule is COC(=O)CC[C@@H](C)C1CC[C@H]2[C@@H]3[C@H](O)C[C@@H]4C[C@H](OS(C)(=O)=O)CC[C@]4(C)[C@H]3C[C@H](O)[C@]12C. The van der Waals surface area contributed by atoms with Crippen molar-refractivity contribution in [2.24, 2.45) is 46.3 Å². The molecule has 4 aliphatic rings. The highest BCUT2D eigenvalue weighted by Gasteiger charge is 2.65. The van der Waals surface area contributed by atoms with Crippen LogP contribution >= 0.6 is 0 Å². The quantitative estimate of drug-likeness (QED) is 0.424. The topological polar surface area (TPSA) is 110 Å². The van der Waals surface area contributed by atoms with Crippen LogP contribution in [0.25, 0.3) is 0 Å². The van der Waals surface area contributed by atoms with E-state index in [2.05, 4.69) is 20.8 Å². The third kappa shape index (κ3) is 4.46. The lowest BCUT2D eigenvalue weighted by molar-refractivity contribution is -0.206. The fourth-order valence-electron chi connectivity index (χ4n) is 9.10. The number of fused-ring (bicyclic) bond motifs is 5. The Morgan fingerprint density at radius 2 is 1.79 bits per heavy atom. The van der Waals surface area contributed by atoms with Crippen molar-refractivity contribution in [1.29, 1.82) is 0 Å². The van der Waals surface area contributed by atoms with Crippen molar-refractivity contribution in [2.45, 2.75) is 96.9 Å². The van der Waals surface area contributed by atoms with Crippen LogP contribution in [0.1, 0.15) is 78.6 Å². The molecule has 0 saturated heterocycles. The summed E-state index contributed by atoms with van der Waals surface area (Å²) in [5.74, 6) is 1.25. The monoisotopic (exact) mass is 500 g/mol. The largest absolute Gasteiger partial charge is 0.469 e. The van der Waals surface area contributed by atoms with Crippen molar-refractivity contribution in [3.63, 3.8) is 0 Å². The molecule has 7 nitrogen and oxygen atoms in total. The summed E-state index contributed by atoms with van der Waals surface area (Å²) in [6.45, 7) is 6.72. The molecule has 0 aromatic carbocycles. The molecule has 0 aliphatic heterocycles. The van der Waals surface area contributed by atoms with Gasteiger partial charge in [0.25, 0.3) is 10.1 Å². The van der Waals surface area contributed by atoms with Gasteiger partial charge in [0.1, 0.15) is 0 Å². The van der Waals surface area contributed by atoms with E-state index in [1.165, 1.54) is 7.11 Å². The highest BCUT2D eigenvalue weighted by molar-refractivity contribution is 7.86. The van der Waals surface area contributed by atoms with E-state index in [0.717, 1.165) is 31.9 Å². The molecule has 196 valence electrons. The first-order valence-electron chi connectivity index (χ1n) is 13.1. The molecule has 11 atom stereocenters. The first kappa shape index (κ1) is 26.4. The van der Waals surface area contributed by atoms with Gasteiger partial charge in [-0.15, -0.1) is 0 Å². The second-order valence-corrected chi connectivity index (χ2v) is 14.0. The maximum atomic E-state index is 11.7. The summed E-state index contributed by atoms with van der Waals surface area (Å²) in [5.41, 5.74) is -0.296. The molecule has 34 heavy (non-hydrogen) atoms. The number of ether oxygens (including phenoxy) is 1. The van der Waals surface area contributed by atoms with Crippen LogP contribution in [0.4, 0.5) is 0 Å². The first-order chi connectivity index (χ1) is 15.8. The molecule has 4 rings (SSSR count). The van der Waals surface area contributed by atoms with Crippen LogP contribution in [0.3, 0.4) is 0 Å². The summed E-state index contributed by atoms with van der Waals surface area (Å²) in [6, 6.07) is 0. The number of esters is 1. The number of hydrogen-bond donors (Lipinski definition) is 2. The second kappa shape index (κ2) is 9.31. The maximum Gasteiger partial charge on any atom is 0.305 e. The molecule has 0 bridgehead atoms. The van der Waals surface area contributed by atoms with E-state index >= 15 is 0 Å². The van der Waals surface area contributed by atoms with E-state index in [9.17, 15) is 23.4 Å². The molecule has 1 unspecified atom stereocenters. The zero-order valence-corrected chi connectivity index (χ0v) is 22.2. The van der Waals surface area contributed by atoms with Gasteiger partial charge in [-0.05, 0) is 97.7 Å². The number of rotatable bonds is 6. The van der Waals surface area contributed by atoms with Gasteiger partial charge in [0.05, 0.1) is 31.7 Å². The highest BCUT2D eigenvalue weighted by atomic mass is 32.2. The highest BCUT2D eigenvalue weighted by Crippen LogP contribution is 2.68. The summed E-state index contributed by atoms with van der Waals surface area (Å²) < 4.78 is 33.6. The number of carbonyl (C=O) groups is 1. The fraction of sp³-hybridized carbons (Fsp3) is 0.962. The third-order valence-electron chi connectivity index (χ3n) is 10.8. The molecule has 0 amide bonds. The molecule has 0 aromatic rings. The van der Waals surface area contributed by atoms with E-state index in [1.807, 2.05) is 0 Å². The number of aliphatic hydroxyl groups excluding tert-OH is 2. The van der Waals surface area contributed by atoms with Crippen molar-refractivity contribution in [1.82, 2.24) is 0 Å². The Labute approximate surface area is 205 Å². The van der Waals surface area contributed by atoms with E-state index in [-0.39, 0.29) is 46.6 Å². The van der Waals surface area contributed by atoms with Gasteiger partial charge in [-0.25, -0.2) is 0 Å². The van der Waals surface area contributed by atoms with Crippen LogP contribution in [0, 0.1) is 46.3 Å². The van der Waals surface area contributed by atoms with Crippen LogP contribution in [0.2, 0.25) is 0 Å². The van der Waals surface area contributed by atoms with Gasteiger partial charge < -0.3 is 14.9 Å². The second-order valence-electron chi connectivity index (χ2n) is 12.4. The Balaban J connectivity index is 1.54. The van der Waals surface area contributed by atoms with Gasteiger partial charge in [0.15, 0.2) is 0 Å². The van der Waals surface area contributed by atoms with Crippen molar-refractivity contribution in [3.05, 3.63) is 0 Å². The molecule has 0 aromatic heterocycles. The maximum absolute atomic E-state index is 11.7. The van der Waals surface area contributed by atoms with Gasteiger partial charge >= 0.3 is 5.97 Å². The average molecular weight is 501 g/mol. The Morgan fingerprint density at radius 1 is 1.09 bits per heavy atom. The molecular weight excluding hydrogens is 456 g/mol. The Hall–Kier alpha value is -0.700. The van der Waals surface area contributed by atoms with Gasteiger partial charge in [0.2, 0.25) is 0 Å². The van der Waals surface area contributed by atoms with Crippen molar-refractivity contribution >= 4 is 16.1 Å². The third-order valence-corrected chi connectivity index (χ3v) is 11.5. The van der Waals surface area contributed by atoms with Gasteiger partial charge in [-0.1, -0.05) is 20.8 Å². The van der Waals surface area contributed by atoms with Crippen LogP contribution in [-0.4, -0.2) is 56.3 Å². The standard InChI is InChI=1S/C26H44O7S/c1-15(6-9-23(29)32-4)18-7-8-19-24-20(14-22(28)26(18,19)3)25(2)11-10-17(33-34(5,30)31)12-16(25)13-21(24)27/h15-22,24,27-28H,6-14H2,1-5H3/t15-,16+,17-,18?,19+,20+,21-,22+,24+,25+,26-/m1/s1. The normalized spacial score (nSPS) is 47.3. The lowest BCUT2D eigenvalue weighted by Crippen LogP contribution is -2.62. The minimum Gasteiger partial charge on any atom is -0.469 e. The van der Waals surface area contributed by atoms with E-state index in [1.54, 1.807) is 0 Å². The Morgan fingerprint density at radius 3 is 2.44 bits per heavy atom. The lowest BCUT2D eigenvalue weighted by atomic mass is 9.43. The first-order valence-corrected chi connectivity index (χ1v) is 14.9. The Kier molecular flexibility index (Phi) is 7.22. The Bertz CT molecular complexity index is 874. The minimum absolute atomic E-state index is 0.0296. The summed E-state index contributed by atoms with van der Waals surface area (Å²) in [6.07, 6.45) is 6.63. The predicted octanol–water partition coefficient (Wildman–Crippen LogP) is 3.52. The molecule has 2 N–H and O–H groups in total. The summed E-state index contributed by atoms with van der Waals surface area (Å²) >= 11 is 0. The van der Waals surface area contributed by atoms with E-state index < -0.39 is 22.3 Å². The summed E-state index contributed by atoms with van der Waals surface area (Å²) in [5, 5.41) is 23.1. The zero-order valence-electron chi connectivity index (χ0n) is 21.4. The van der Waals surface area contributed by atoms with Crippen LogP contribution in [0.15, 0.2) is 0 Å². The molecule has 4 aliphatic carbocycles. The summed E-state index contributed by atoms with van der Waals surface area (Å²) in [4.78, 5) is 11.7. The average Bonchev–Trinajstić information content (AvgIpc) is 3.11. The fourth-order valence-corrected chi connectivity index (χ4v) is 9.77. The number of aliphatic hydroxyl groups is 2. The minimum atomic E-state index is -3.50. The molecule has 8 heteroatoms. The van der Waals surface area contributed by atoms with Crippen molar-refractivity contribution in [2.75, 3.05) is 13.4 Å². The predicted molar refractivity (Wildman–Crippen MR) is 128 cm³/mol. The number of hydrogen-bond acceptors (Lipinski definition) is 7. The van der Waals surface area contributed by atoms with E-state index in [0.29, 0.717) is 43.9 Å². The number of methoxy groups -OCH3 is 1. The molecule has 0 radical (unpaired) electrons. The van der Waals surface area contributed by atoms with Gasteiger partial charge in [0, 0.05) is 6.42 Å². The van der Waals surface area contributed by atoms with Gasteiger partial charge in [-0.2, -0.15) is 8.42 Å². The van der Waals surface area contributed by atoms with Crippen LogP contribution in [0.5, 0.6) is 0 Å².